The Labute approximate surface area is 93.3 Å². The summed E-state index contributed by atoms with van der Waals surface area (Å²) >= 11 is 7.19. The van der Waals surface area contributed by atoms with Crippen molar-refractivity contribution in [3.63, 3.8) is 0 Å². The molecule has 2 rings (SSSR count). The topological polar surface area (TPSA) is 29.0 Å². The fourth-order valence-corrected chi connectivity index (χ4v) is 2.40. The summed E-state index contributed by atoms with van der Waals surface area (Å²) in [5, 5.41) is 1.06. The lowest BCUT2D eigenvalue weighted by Gasteiger charge is -2.37. The molecule has 3 nitrogen and oxygen atoms in total. The zero-order chi connectivity index (χ0) is 9.80. The summed E-state index contributed by atoms with van der Waals surface area (Å²) < 4.78 is 4.05. The molecule has 78 valence electrons. The van der Waals surface area contributed by atoms with Crippen LogP contribution in [0.25, 0.3) is 0 Å². The van der Waals surface area contributed by atoms with Crippen LogP contribution in [0.3, 0.4) is 0 Å². The Kier molecular flexibility index (Phi) is 3.59. The number of hydrogen-bond acceptors (Lipinski definition) is 4. The predicted octanol–water partition coefficient (Wildman–Crippen LogP) is 2.53. The molecule has 1 aliphatic carbocycles. The minimum absolute atomic E-state index is 0.686. The molecule has 1 aromatic heterocycles. The normalized spacial score (nSPS) is 16.6. The van der Waals surface area contributed by atoms with Crippen LogP contribution >= 0.6 is 23.1 Å². The third-order valence-corrected chi connectivity index (χ3v) is 3.61. The monoisotopic (exact) mass is 231 g/mol. The van der Waals surface area contributed by atoms with Crippen LogP contribution in [0.4, 0.5) is 5.13 Å². The largest absolute Gasteiger partial charge is 0.344 e. The fraction of sp³-hybridized carbons (Fsp3) is 0.778. The Morgan fingerprint density at radius 2 is 2.43 bits per heavy atom. The van der Waals surface area contributed by atoms with Crippen molar-refractivity contribution in [2.45, 2.75) is 31.7 Å². The maximum Gasteiger partial charge on any atom is 0.205 e. The van der Waals surface area contributed by atoms with Crippen molar-refractivity contribution in [3.8, 4) is 0 Å². The van der Waals surface area contributed by atoms with Crippen molar-refractivity contribution in [1.82, 2.24) is 9.36 Å². The Morgan fingerprint density at radius 3 is 2.93 bits per heavy atom. The summed E-state index contributed by atoms with van der Waals surface area (Å²) in [5.74, 6) is 0.724. The Morgan fingerprint density at radius 1 is 1.57 bits per heavy atom. The molecule has 1 saturated carbocycles. The summed E-state index contributed by atoms with van der Waals surface area (Å²) in [4.78, 5) is 6.63. The number of anilines is 1. The summed E-state index contributed by atoms with van der Waals surface area (Å²) in [7, 11) is 0. The van der Waals surface area contributed by atoms with Gasteiger partial charge in [0.1, 0.15) is 6.33 Å². The lowest BCUT2D eigenvalue weighted by atomic mass is 9.92. The third kappa shape index (κ3) is 2.17. The molecule has 0 radical (unpaired) electrons. The Balaban J connectivity index is 1.98. The minimum Gasteiger partial charge on any atom is -0.344 e. The van der Waals surface area contributed by atoms with E-state index < -0.39 is 0 Å². The van der Waals surface area contributed by atoms with Gasteiger partial charge in [0.05, 0.1) is 0 Å². The quantitative estimate of drug-likeness (QED) is 0.730. The molecular formula is C9H14ClN3S. The second-order valence-corrected chi connectivity index (χ2v) is 4.68. The van der Waals surface area contributed by atoms with Gasteiger partial charge in [-0.25, -0.2) is 4.98 Å². The number of hydrogen-bond donors (Lipinski definition) is 0. The van der Waals surface area contributed by atoms with Crippen LogP contribution in [-0.4, -0.2) is 27.8 Å². The first-order valence-electron chi connectivity index (χ1n) is 5.01. The van der Waals surface area contributed by atoms with Crippen LogP contribution in [0.15, 0.2) is 6.33 Å². The smallest absolute Gasteiger partial charge is 0.205 e. The van der Waals surface area contributed by atoms with Gasteiger partial charge >= 0.3 is 0 Å². The number of rotatable bonds is 5. The highest BCUT2D eigenvalue weighted by molar-refractivity contribution is 7.09. The van der Waals surface area contributed by atoms with Crippen molar-refractivity contribution in [1.29, 1.82) is 0 Å². The van der Waals surface area contributed by atoms with Gasteiger partial charge in [-0.15, -0.1) is 11.6 Å². The SMILES string of the molecule is ClCCCN(c1ncns1)C1CCC1. The molecule has 1 aromatic rings. The van der Waals surface area contributed by atoms with Gasteiger partial charge in [-0.2, -0.15) is 4.37 Å². The van der Waals surface area contributed by atoms with Gasteiger partial charge in [0.15, 0.2) is 0 Å². The zero-order valence-electron chi connectivity index (χ0n) is 8.03. The van der Waals surface area contributed by atoms with Crippen LogP contribution in [0.1, 0.15) is 25.7 Å². The van der Waals surface area contributed by atoms with Crippen molar-refractivity contribution >= 4 is 28.3 Å². The molecule has 5 heteroatoms. The van der Waals surface area contributed by atoms with E-state index in [1.807, 2.05) is 0 Å². The standard InChI is InChI=1S/C9H14ClN3S/c10-5-2-6-13(8-3-1-4-8)9-11-7-12-14-9/h7-8H,1-6H2. The van der Waals surface area contributed by atoms with E-state index in [0.29, 0.717) is 6.04 Å². The molecule has 1 fully saturated rings. The molecule has 0 amide bonds. The maximum absolute atomic E-state index is 5.71. The van der Waals surface area contributed by atoms with Crippen LogP contribution in [0.5, 0.6) is 0 Å². The Bertz CT molecular complexity index is 261. The minimum atomic E-state index is 0.686. The van der Waals surface area contributed by atoms with Crippen molar-refractivity contribution in [2.75, 3.05) is 17.3 Å². The first-order chi connectivity index (χ1) is 6.92. The molecule has 1 heterocycles. The average molecular weight is 232 g/mol. The van der Waals surface area contributed by atoms with Crippen molar-refractivity contribution in [3.05, 3.63) is 6.33 Å². The van der Waals surface area contributed by atoms with E-state index in [1.165, 1.54) is 30.8 Å². The van der Waals surface area contributed by atoms with E-state index in [1.54, 1.807) is 6.33 Å². The van der Waals surface area contributed by atoms with Gasteiger partial charge in [-0.05, 0) is 25.7 Å². The highest BCUT2D eigenvalue weighted by Gasteiger charge is 2.26. The van der Waals surface area contributed by atoms with Gasteiger partial charge in [-0.3, -0.25) is 0 Å². The van der Waals surface area contributed by atoms with Crippen molar-refractivity contribution < 1.29 is 0 Å². The molecule has 0 atom stereocenters. The van der Waals surface area contributed by atoms with Gasteiger partial charge in [-0.1, -0.05) is 0 Å². The molecule has 0 N–H and O–H groups in total. The molecule has 0 bridgehead atoms. The van der Waals surface area contributed by atoms with Crippen LogP contribution in [-0.2, 0) is 0 Å². The molecule has 14 heavy (non-hydrogen) atoms. The van der Waals surface area contributed by atoms with Crippen molar-refractivity contribution in [2.24, 2.45) is 0 Å². The van der Waals surface area contributed by atoms with E-state index in [0.717, 1.165) is 24.0 Å². The summed E-state index contributed by atoms with van der Waals surface area (Å²) in [6.07, 6.45) is 6.59. The average Bonchev–Trinajstić information content (AvgIpc) is 2.61. The van der Waals surface area contributed by atoms with E-state index in [4.69, 9.17) is 11.6 Å². The molecule has 1 aliphatic rings. The first kappa shape index (κ1) is 10.2. The van der Waals surface area contributed by atoms with Crippen LogP contribution < -0.4 is 4.90 Å². The van der Waals surface area contributed by atoms with Gasteiger partial charge in [0.2, 0.25) is 5.13 Å². The fourth-order valence-electron chi connectivity index (χ4n) is 1.66. The highest BCUT2D eigenvalue weighted by atomic mass is 35.5. The molecule has 0 aliphatic heterocycles. The molecule has 0 spiro atoms. The zero-order valence-corrected chi connectivity index (χ0v) is 9.60. The van der Waals surface area contributed by atoms with Gasteiger partial charge in [0.25, 0.3) is 0 Å². The lowest BCUT2D eigenvalue weighted by molar-refractivity contribution is 0.386. The van der Waals surface area contributed by atoms with E-state index in [-0.39, 0.29) is 0 Å². The van der Waals surface area contributed by atoms with E-state index in [2.05, 4.69) is 14.3 Å². The third-order valence-electron chi connectivity index (χ3n) is 2.64. The maximum atomic E-state index is 5.71. The number of alkyl halides is 1. The van der Waals surface area contributed by atoms with Crippen LogP contribution in [0, 0.1) is 0 Å². The summed E-state index contributed by atoms with van der Waals surface area (Å²) in [5.41, 5.74) is 0. The number of nitrogens with zero attached hydrogens (tertiary/aromatic N) is 3. The number of halogens is 1. The van der Waals surface area contributed by atoms with Gasteiger partial charge in [0, 0.05) is 30.0 Å². The first-order valence-corrected chi connectivity index (χ1v) is 6.32. The Hall–Kier alpha value is -0.350. The highest BCUT2D eigenvalue weighted by Crippen LogP contribution is 2.29. The van der Waals surface area contributed by atoms with Gasteiger partial charge < -0.3 is 4.90 Å². The molecule has 0 unspecified atom stereocenters. The number of aromatic nitrogens is 2. The summed E-state index contributed by atoms with van der Waals surface area (Å²) in [6.45, 7) is 1.02. The predicted molar refractivity (Wildman–Crippen MR) is 60.2 cm³/mol. The van der Waals surface area contributed by atoms with E-state index in [9.17, 15) is 0 Å². The molecule has 0 saturated heterocycles. The second-order valence-electron chi connectivity index (χ2n) is 3.54. The molecular weight excluding hydrogens is 218 g/mol. The van der Waals surface area contributed by atoms with E-state index >= 15 is 0 Å². The lowest BCUT2D eigenvalue weighted by Crippen LogP contribution is -2.41. The summed E-state index contributed by atoms with van der Waals surface area (Å²) in [6, 6.07) is 0.686. The molecule has 0 aromatic carbocycles. The second kappa shape index (κ2) is 4.94. The van der Waals surface area contributed by atoms with Crippen LogP contribution in [0.2, 0.25) is 0 Å².